The van der Waals surface area contributed by atoms with Crippen molar-refractivity contribution in [2.24, 2.45) is 5.92 Å². The molecule has 19 heavy (non-hydrogen) atoms. The van der Waals surface area contributed by atoms with Gasteiger partial charge in [0.25, 0.3) is 0 Å². The van der Waals surface area contributed by atoms with Gasteiger partial charge in [0.15, 0.2) is 0 Å². The largest absolute Gasteiger partial charge is 0.481 e. The lowest BCUT2D eigenvalue weighted by Crippen LogP contribution is -2.43. The van der Waals surface area contributed by atoms with Crippen LogP contribution < -0.4 is 0 Å². The Morgan fingerprint density at radius 3 is 2.95 bits per heavy atom. The molecule has 0 bridgehead atoms. The predicted octanol–water partition coefficient (Wildman–Crippen LogP) is 1.16. The van der Waals surface area contributed by atoms with E-state index in [0.717, 1.165) is 12.8 Å². The highest BCUT2D eigenvalue weighted by atomic mass is 16.4. The second-order valence-corrected chi connectivity index (χ2v) is 5.05. The summed E-state index contributed by atoms with van der Waals surface area (Å²) < 4.78 is 1.63. The van der Waals surface area contributed by atoms with Crippen molar-refractivity contribution in [3.63, 3.8) is 0 Å². The quantitative estimate of drug-likeness (QED) is 0.886. The Morgan fingerprint density at radius 1 is 1.53 bits per heavy atom. The third-order valence-electron chi connectivity index (χ3n) is 3.57. The molecule has 6 nitrogen and oxygen atoms in total. The van der Waals surface area contributed by atoms with Crippen LogP contribution in [-0.4, -0.2) is 44.8 Å². The van der Waals surface area contributed by atoms with Crippen LogP contribution in [0.15, 0.2) is 18.5 Å². The SMILES string of the molecule is CC(C(=O)N1CCCC(CC(=O)O)C1)n1cccn1. The number of carboxylic acid groups (broad SMARTS) is 1. The minimum absolute atomic E-state index is 0.0128. The smallest absolute Gasteiger partial charge is 0.303 e. The molecule has 1 saturated heterocycles. The summed E-state index contributed by atoms with van der Waals surface area (Å²) >= 11 is 0. The van der Waals surface area contributed by atoms with Crippen LogP contribution in [0.25, 0.3) is 0 Å². The fourth-order valence-corrected chi connectivity index (χ4v) is 2.57. The lowest BCUT2D eigenvalue weighted by molar-refractivity contribution is -0.141. The van der Waals surface area contributed by atoms with Crippen LogP contribution in [0.1, 0.15) is 32.2 Å². The molecule has 0 saturated carbocycles. The molecule has 0 aromatic carbocycles. The number of aromatic nitrogens is 2. The van der Waals surface area contributed by atoms with E-state index in [1.807, 2.05) is 6.92 Å². The highest BCUT2D eigenvalue weighted by Gasteiger charge is 2.28. The number of amides is 1. The fraction of sp³-hybridized carbons (Fsp3) is 0.615. The minimum Gasteiger partial charge on any atom is -0.481 e. The van der Waals surface area contributed by atoms with Crippen LogP contribution in [0.3, 0.4) is 0 Å². The fourth-order valence-electron chi connectivity index (χ4n) is 2.57. The first-order valence-electron chi connectivity index (χ1n) is 6.57. The van der Waals surface area contributed by atoms with Gasteiger partial charge in [0.2, 0.25) is 5.91 Å². The molecule has 1 amide bonds. The number of rotatable bonds is 4. The summed E-state index contributed by atoms with van der Waals surface area (Å²) in [6.07, 6.45) is 5.30. The van der Waals surface area contributed by atoms with Crippen molar-refractivity contribution in [3.05, 3.63) is 18.5 Å². The molecule has 0 spiro atoms. The Balaban J connectivity index is 1.97. The maximum absolute atomic E-state index is 12.3. The molecule has 1 N–H and O–H groups in total. The first-order valence-corrected chi connectivity index (χ1v) is 6.57. The Morgan fingerprint density at radius 2 is 2.32 bits per heavy atom. The zero-order chi connectivity index (χ0) is 13.8. The van der Waals surface area contributed by atoms with Crippen LogP contribution >= 0.6 is 0 Å². The number of piperidine rings is 1. The average Bonchev–Trinajstić information content (AvgIpc) is 2.90. The van der Waals surface area contributed by atoms with E-state index in [-0.39, 0.29) is 24.3 Å². The summed E-state index contributed by atoms with van der Waals surface area (Å²) in [6, 6.07) is 1.45. The maximum Gasteiger partial charge on any atom is 0.303 e. The Bertz CT molecular complexity index is 444. The van der Waals surface area contributed by atoms with Crippen molar-refractivity contribution in [3.8, 4) is 0 Å². The molecule has 6 heteroatoms. The van der Waals surface area contributed by atoms with Crippen molar-refractivity contribution in [1.29, 1.82) is 0 Å². The summed E-state index contributed by atoms with van der Waals surface area (Å²) in [5.41, 5.74) is 0. The van der Waals surface area contributed by atoms with E-state index >= 15 is 0 Å². The van der Waals surface area contributed by atoms with E-state index in [9.17, 15) is 9.59 Å². The van der Waals surface area contributed by atoms with Crippen LogP contribution in [0, 0.1) is 5.92 Å². The number of hydrogen-bond donors (Lipinski definition) is 1. The molecule has 104 valence electrons. The molecular formula is C13H19N3O3. The van der Waals surface area contributed by atoms with E-state index < -0.39 is 5.97 Å². The monoisotopic (exact) mass is 265 g/mol. The van der Waals surface area contributed by atoms with Gasteiger partial charge in [-0.15, -0.1) is 0 Å². The third-order valence-corrected chi connectivity index (χ3v) is 3.57. The van der Waals surface area contributed by atoms with Gasteiger partial charge in [-0.1, -0.05) is 0 Å². The van der Waals surface area contributed by atoms with Gasteiger partial charge in [-0.25, -0.2) is 0 Å². The van der Waals surface area contributed by atoms with E-state index in [1.54, 1.807) is 28.0 Å². The van der Waals surface area contributed by atoms with Gasteiger partial charge in [-0.2, -0.15) is 5.10 Å². The standard InChI is InChI=1S/C13H19N3O3/c1-10(16-7-3-5-14-16)13(19)15-6-2-4-11(9-15)8-12(17)18/h3,5,7,10-11H,2,4,6,8-9H2,1H3,(H,17,18). The number of nitrogens with zero attached hydrogens (tertiary/aromatic N) is 3. The Kier molecular flexibility index (Phi) is 4.19. The Hall–Kier alpha value is -1.85. The first kappa shape index (κ1) is 13.6. The van der Waals surface area contributed by atoms with Gasteiger partial charge in [0.1, 0.15) is 6.04 Å². The summed E-state index contributed by atoms with van der Waals surface area (Å²) in [7, 11) is 0. The third kappa shape index (κ3) is 3.33. The molecule has 1 fully saturated rings. The lowest BCUT2D eigenvalue weighted by Gasteiger charge is -2.33. The molecule has 1 aliphatic rings. The maximum atomic E-state index is 12.3. The molecule has 0 radical (unpaired) electrons. The highest BCUT2D eigenvalue weighted by molar-refractivity contribution is 5.80. The highest BCUT2D eigenvalue weighted by Crippen LogP contribution is 2.22. The number of likely N-dealkylation sites (tertiary alicyclic amines) is 1. The second-order valence-electron chi connectivity index (χ2n) is 5.05. The summed E-state index contributed by atoms with van der Waals surface area (Å²) in [4.78, 5) is 24.9. The number of hydrogen-bond acceptors (Lipinski definition) is 3. The van der Waals surface area contributed by atoms with Gasteiger partial charge in [-0.3, -0.25) is 14.3 Å². The van der Waals surface area contributed by atoms with E-state index in [1.165, 1.54) is 0 Å². The van der Waals surface area contributed by atoms with Crippen molar-refractivity contribution < 1.29 is 14.7 Å². The normalized spacial score (nSPS) is 21.1. The molecule has 0 aliphatic carbocycles. The molecule has 2 rings (SSSR count). The zero-order valence-corrected chi connectivity index (χ0v) is 11.0. The molecule has 1 aromatic rings. The topological polar surface area (TPSA) is 75.4 Å². The summed E-state index contributed by atoms with van der Waals surface area (Å²) in [6.45, 7) is 3.06. The minimum atomic E-state index is -0.792. The van der Waals surface area contributed by atoms with E-state index in [4.69, 9.17) is 5.11 Å². The number of carboxylic acids is 1. The van der Waals surface area contributed by atoms with E-state index in [0.29, 0.717) is 13.1 Å². The molecular weight excluding hydrogens is 246 g/mol. The predicted molar refractivity (Wildman–Crippen MR) is 68.5 cm³/mol. The Labute approximate surface area is 112 Å². The number of carbonyl (C=O) groups is 2. The van der Waals surface area contributed by atoms with Crippen LogP contribution in [0.4, 0.5) is 0 Å². The second kappa shape index (κ2) is 5.86. The lowest BCUT2D eigenvalue weighted by atomic mass is 9.94. The molecule has 1 aliphatic heterocycles. The summed E-state index contributed by atoms with van der Waals surface area (Å²) in [5, 5.41) is 12.9. The van der Waals surface area contributed by atoms with Crippen molar-refractivity contribution >= 4 is 11.9 Å². The van der Waals surface area contributed by atoms with Crippen LogP contribution in [0.5, 0.6) is 0 Å². The number of aliphatic carboxylic acids is 1. The van der Waals surface area contributed by atoms with Gasteiger partial charge in [0.05, 0.1) is 0 Å². The molecule has 1 aromatic heterocycles. The average molecular weight is 265 g/mol. The van der Waals surface area contributed by atoms with Crippen molar-refractivity contribution in [2.45, 2.75) is 32.2 Å². The molecule has 2 unspecified atom stereocenters. The van der Waals surface area contributed by atoms with E-state index in [2.05, 4.69) is 5.10 Å². The van der Waals surface area contributed by atoms with Crippen LogP contribution in [-0.2, 0) is 9.59 Å². The van der Waals surface area contributed by atoms with Gasteiger partial charge >= 0.3 is 5.97 Å². The summed E-state index contributed by atoms with van der Waals surface area (Å²) in [5.74, 6) is -0.710. The van der Waals surface area contributed by atoms with Crippen molar-refractivity contribution in [1.82, 2.24) is 14.7 Å². The molecule has 2 atom stereocenters. The number of carbonyl (C=O) groups excluding carboxylic acids is 1. The van der Waals surface area contributed by atoms with Gasteiger partial charge in [-0.05, 0) is 31.7 Å². The van der Waals surface area contributed by atoms with Crippen LogP contribution in [0.2, 0.25) is 0 Å². The van der Waals surface area contributed by atoms with Gasteiger partial charge < -0.3 is 10.0 Å². The zero-order valence-electron chi connectivity index (χ0n) is 11.0. The van der Waals surface area contributed by atoms with Gasteiger partial charge in [0, 0.05) is 31.9 Å². The van der Waals surface area contributed by atoms with Crippen molar-refractivity contribution in [2.75, 3.05) is 13.1 Å². The molecule has 2 heterocycles. The first-order chi connectivity index (χ1) is 9.08.